The number of hydrogen-bond acceptors (Lipinski definition) is 5. The molecule has 3 rings (SSSR count). The Bertz CT molecular complexity index is 986. The summed E-state index contributed by atoms with van der Waals surface area (Å²) >= 11 is 1.37. The summed E-state index contributed by atoms with van der Waals surface area (Å²) in [5.41, 5.74) is 3.01. The maximum atomic E-state index is 12.3. The molecule has 0 bridgehead atoms. The summed E-state index contributed by atoms with van der Waals surface area (Å²) in [5, 5.41) is 12.3. The fraction of sp³-hybridized carbons (Fsp3) is 0.318. The van der Waals surface area contributed by atoms with E-state index >= 15 is 0 Å². The second-order valence-corrected chi connectivity index (χ2v) is 7.76. The van der Waals surface area contributed by atoms with Crippen molar-refractivity contribution < 1.29 is 9.53 Å². The minimum atomic E-state index is -0.251. The quantitative estimate of drug-likeness (QED) is 0.541. The molecule has 6 nitrogen and oxygen atoms in total. The first-order valence-electron chi connectivity index (χ1n) is 9.62. The number of nitrogens with zero attached hydrogens (tertiary/aromatic N) is 3. The van der Waals surface area contributed by atoms with Crippen LogP contribution >= 0.6 is 11.8 Å². The van der Waals surface area contributed by atoms with Gasteiger partial charge in [-0.1, -0.05) is 42.1 Å². The Morgan fingerprint density at radius 2 is 1.97 bits per heavy atom. The molecule has 0 radical (unpaired) electrons. The largest absolute Gasteiger partial charge is 0.483 e. The minimum absolute atomic E-state index is 0.0689. The molecule has 1 aromatic heterocycles. The van der Waals surface area contributed by atoms with Gasteiger partial charge in [0, 0.05) is 12.2 Å². The third-order valence-electron chi connectivity index (χ3n) is 4.48. The molecule has 29 heavy (non-hydrogen) atoms. The topological polar surface area (TPSA) is 69.0 Å². The zero-order valence-electron chi connectivity index (χ0n) is 17.2. The van der Waals surface area contributed by atoms with Gasteiger partial charge in [0.1, 0.15) is 5.75 Å². The number of rotatable bonds is 8. The predicted molar refractivity (Wildman–Crippen MR) is 116 cm³/mol. The standard InChI is InChI=1S/C22H26N4O2S/c1-5-26-21(17(4)28-18-11-8-9-15(2)13-18)24-25-22(26)29-14-20(27)23-19-12-7-6-10-16(19)3/h6-13,17H,5,14H2,1-4H3,(H,23,27). The van der Waals surface area contributed by atoms with Crippen molar-refractivity contribution in [2.75, 3.05) is 11.1 Å². The molecule has 152 valence electrons. The maximum Gasteiger partial charge on any atom is 0.234 e. The lowest BCUT2D eigenvalue weighted by Crippen LogP contribution is -2.16. The molecular formula is C22H26N4O2S. The fourth-order valence-electron chi connectivity index (χ4n) is 2.98. The van der Waals surface area contributed by atoms with Gasteiger partial charge in [-0.05, 0) is 57.0 Å². The molecule has 0 fully saturated rings. The van der Waals surface area contributed by atoms with Gasteiger partial charge >= 0.3 is 0 Å². The van der Waals surface area contributed by atoms with Crippen LogP contribution in [0, 0.1) is 13.8 Å². The van der Waals surface area contributed by atoms with Crippen LogP contribution in [-0.4, -0.2) is 26.4 Å². The molecule has 0 aliphatic rings. The number of aromatic nitrogens is 3. The lowest BCUT2D eigenvalue weighted by molar-refractivity contribution is -0.113. The van der Waals surface area contributed by atoms with Crippen molar-refractivity contribution >= 4 is 23.4 Å². The zero-order chi connectivity index (χ0) is 20.8. The molecule has 1 heterocycles. The molecule has 1 atom stereocenters. The fourth-order valence-corrected chi connectivity index (χ4v) is 3.79. The van der Waals surface area contributed by atoms with Gasteiger partial charge in [0.2, 0.25) is 5.91 Å². The molecule has 1 unspecified atom stereocenters. The smallest absolute Gasteiger partial charge is 0.234 e. The molecule has 0 saturated heterocycles. The first-order chi connectivity index (χ1) is 14.0. The molecule has 3 aromatic rings. The molecule has 0 spiro atoms. The van der Waals surface area contributed by atoms with Crippen molar-refractivity contribution in [1.29, 1.82) is 0 Å². The Kier molecular flexibility index (Phi) is 6.93. The van der Waals surface area contributed by atoms with Crippen LogP contribution in [0.1, 0.15) is 36.9 Å². The number of hydrogen-bond donors (Lipinski definition) is 1. The van der Waals surface area contributed by atoms with Crippen molar-refractivity contribution in [3.8, 4) is 5.75 Å². The molecule has 1 N–H and O–H groups in total. The Balaban J connectivity index is 1.64. The SMILES string of the molecule is CCn1c(SCC(=O)Nc2ccccc2C)nnc1C(C)Oc1cccc(C)c1. The Morgan fingerprint density at radius 3 is 2.69 bits per heavy atom. The molecule has 1 amide bonds. The van der Waals surface area contributed by atoms with Crippen molar-refractivity contribution in [2.45, 2.75) is 45.5 Å². The highest BCUT2D eigenvalue weighted by Crippen LogP contribution is 2.25. The van der Waals surface area contributed by atoms with Gasteiger partial charge in [-0.25, -0.2) is 0 Å². The van der Waals surface area contributed by atoms with Crippen LogP contribution in [0.5, 0.6) is 5.75 Å². The molecule has 0 aliphatic heterocycles. The molecule has 0 saturated carbocycles. The van der Waals surface area contributed by atoms with Crippen molar-refractivity contribution in [3.63, 3.8) is 0 Å². The first-order valence-corrected chi connectivity index (χ1v) is 10.6. The Labute approximate surface area is 175 Å². The number of anilines is 1. The van der Waals surface area contributed by atoms with E-state index in [1.165, 1.54) is 11.8 Å². The van der Waals surface area contributed by atoms with Crippen molar-refractivity contribution in [1.82, 2.24) is 14.8 Å². The molecule has 7 heteroatoms. The first kappa shape index (κ1) is 20.9. The molecule has 0 aliphatic carbocycles. The summed E-state index contributed by atoms with van der Waals surface area (Å²) in [6.07, 6.45) is -0.251. The summed E-state index contributed by atoms with van der Waals surface area (Å²) in [5.74, 6) is 1.74. The van der Waals surface area contributed by atoms with E-state index in [1.54, 1.807) is 0 Å². The van der Waals surface area contributed by atoms with E-state index in [2.05, 4.69) is 15.5 Å². The lowest BCUT2D eigenvalue weighted by Gasteiger charge is -2.16. The van der Waals surface area contributed by atoms with E-state index < -0.39 is 0 Å². The number of aryl methyl sites for hydroxylation is 2. The van der Waals surface area contributed by atoms with Gasteiger partial charge in [0.05, 0.1) is 5.75 Å². The van der Waals surface area contributed by atoms with Crippen LogP contribution in [0.4, 0.5) is 5.69 Å². The van der Waals surface area contributed by atoms with E-state index in [4.69, 9.17) is 4.74 Å². The van der Waals surface area contributed by atoms with Crippen molar-refractivity contribution in [3.05, 3.63) is 65.5 Å². The Hall–Kier alpha value is -2.80. The highest BCUT2D eigenvalue weighted by atomic mass is 32.2. The normalized spacial score (nSPS) is 11.9. The maximum absolute atomic E-state index is 12.3. The van der Waals surface area contributed by atoms with E-state index in [0.29, 0.717) is 11.7 Å². The zero-order valence-corrected chi connectivity index (χ0v) is 18.0. The average molecular weight is 411 g/mol. The summed E-state index contributed by atoms with van der Waals surface area (Å²) in [6, 6.07) is 15.7. The van der Waals surface area contributed by atoms with Gasteiger partial charge in [-0.2, -0.15) is 0 Å². The number of amides is 1. The van der Waals surface area contributed by atoms with Gasteiger partial charge in [-0.15, -0.1) is 10.2 Å². The number of para-hydroxylation sites is 1. The Morgan fingerprint density at radius 1 is 1.17 bits per heavy atom. The van der Waals surface area contributed by atoms with Gasteiger partial charge < -0.3 is 14.6 Å². The number of ether oxygens (including phenoxy) is 1. The number of thioether (sulfide) groups is 1. The van der Waals surface area contributed by atoms with Crippen LogP contribution in [-0.2, 0) is 11.3 Å². The monoisotopic (exact) mass is 410 g/mol. The summed E-state index contributed by atoms with van der Waals surface area (Å²) in [6.45, 7) is 8.69. The van der Waals surface area contributed by atoms with Gasteiger partial charge in [0.25, 0.3) is 0 Å². The second kappa shape index (κ2) is 9.60. The van der Waals surface area contributed by atoms with Crippen LogP contribution in [0.3, 0.4) is 0 Å². The summed E-state index contributed by atoms with van der Waals surface area (Å²) in [4.78, 5) is 12.3. The molecular weight excluding hydrogens is 384 g/mol. The van der Waals surface area contributed by atoms with E-state index in [-0.39, 0.29) is 17.8 Å². The third kappa shape index (κ3) is 5.38. The third-order valence-corrected chi connectivity index (χ3v) is 5.45. The predicted octanol–water partition coefficient (Wildman–Crippen LogP) is 4.79. The molecule has 2 aromatic carbocycles. The van der Waals surface area contributed by atoms with Crippen molar-refractivity contribution in [2.24, 2.45) is 0 Å². The number of nitrogens with one attached hydrogen (secondary N) is 1. The van der Waals surface area contributed by atoms with E-state index in [9.17, 15) is 4.79 Å². The number of carbonyl (C=O) groups is 1. The average Bonchev–Trinajstić information content (AvgIpc) is 3.11. The summed E-state index contributed by atoms with van der Waals surface area (Å²) in [7, 11) is 0. The van der Waals surface area contributed by atoms with Gasteiger partial charge in [0.15, 0.2) is 17.1 Å². The van der Waals surface area contributed by atoms with Gasteiger partial charge in [-0.3, -0.25) is 4.79 Å². The highest BCUT2D eigenvalue weighted by Gasteiger charge is 2.19. The number of carbonyl (C=O) groups excluding carboxylic acids is 1. The van der Waals surface area contributed by atoms with Crippen LogP contribution < -0.4 is 10.1 Å². The van der Waals surface area contributed by atoms with E-state index in [1.807, 2.05) is 80.8 Å². The van der Waals surface area contributed by atoms with Crippen LogP contribution in [0.2, 0.25) is 0 Å². The van der Waals surface area contributed by atoms with Crippen LogP contribution in [0.15, 0.2) is 53.7 Å². The highest BCUT2D eigenvalue weighted by molar-refractivity contribution is 7.99. The minimum Gasteiger partial charge on any atom is -0.483 e. The summed E-state index contributed by atoms with van der Waals surface area (Å²) < 4.78 is 8.04. The van der Waals surface area contributed by atoms with Crippen LogP contribution in [0.25, 0.3) is 0 Å². The lowest BCUT2D eigenvalue weighted by atomic mass is 10.2. The second-order valence-electron chi connectivity index (χ2n) is 6.81. The van der Waals surface area contributed by atoms with E-state index in [0.717, 1.165) is 28.4 Å². The number of benzene rings is 2.